The van der Waals surface area contributed by atoms with Crippen LogP contribution in [0.1, 0.15) is 23.5 Å². The summed E-state index contributed by atoms with van der Waals surface area (Å²) in [4.78, 5) is 13.2. The summed E-state index contributed by atoms with van der Waals surface area (Å²) in [7, 11) is 0. The van der Waals surface area contributed by atoms with Crippen LogP contribution in [0.2, 0.25) is 5.02 Å². The highest BCUT2D eigenvalue weighted by molar-refractivity contribution is 7.09. The smallest absolute Gasteiger partial charge is 0.223 e. The molecule has 0 spiro atoms. The van der Waals surface area contributed by atoms with Gasteiger partial charge in [-0.05, 0) is 23.9 Å². The molecule has 0 radical (unpaired) electrons. The Morgan fingerprint density at radius 1 is 1.33 bits per heavy atom. The van der Waals surface area contributed by atoms with E-state index in [4.69, 9.17) is 11.6 Å². The average Bonchev–Trinajstić information content (AvgIpc) is 2.97. The maximum Gasteiger partial charge on any atom is 0.223 e. The summed E-state index contributed by atoms with van der Waals surface area (Å²) in [6.07, 6.45) is -0.0808. The molecule has 1 amide bonds. The second kappa shape index (κ2) is 7.59. The molecule has 2 N–H and O–H groups in total. The molecule has 0 aliphatic carbocycles. The van der Waals surface area contributed by atoms with Crippen LogP contribution in [0, 0.1) is 5.92 Å². The zero-order chi connectivity index (χ0) is 15.2. The van der Waals surface area contributed by atoms with Gasteiger partial charge in [0.2, 0.25) is 5.91 Å². The number of rotatable bonds is 6. The predicted octanol–water partition coefficient (Wildman–Crippen LogP) is 3.43. The average molecular weight is 324 g/mol. The zero-order valence-corrected chi connectivity index (χ0v) is 13.3. The second-order valence-electron chi connectivity index (χ2n) is 4.97. The highest BCUT2D eigenvalue weighted by atomic mass is 35.5. The number of carbonyl (C=O) groups is 1. The van der Waals surface area contributed by atoms with Crippen LogP contribution in [-0.2, 0) is 11.2 Å². The van der Waals surface area contributed by atoms with E-state index in [0.717, 1.165) is 0 Å². The van der Waals surface area contributed by atoms with Gasteiger partial charge in [-0.3, -0.25) is 4.79 Å². The first-order chi connectivity index (χ1) is 10.1. The van der Waals surface area contributed by atoms with Crippen molar-refractivity contribution in [2.75, 3.05) is 6.54 Å². The third-order valence-corrected chi connectivity index (χ3v) is 4.51. The van der Waals surface area contributed by atoms with Gasteiger partial charge in [0.1, 0.15) is 0 Å². The molecule has 112 valence electrons. The Labute approximate surface area is 133 Å². The van der Waals surface area contributed by atoms with Crippen LogP contribution in [-0.4, -0.2) is 17.6 Å². The highest BCUT2D eigenvalue weighted by Crippen LogP contribution is 2.22. The van der Waals surface area contributed by atoms with Crippen molar-refractivity contribution < 1.29 is 9.90 Å². The van der Waals surface area contributed by atoms with Crippen molar-refractivity contribution in [1.29, 1.82) is 0 Å². The Hall–Kier alpha value is -1.36. The van der Waals surface area contributed by atoms with Crippen LogP contribution in [0.25, 0.3) is 0 Å². The minimum absolute atomic E-state index is 0.0606. The summed E-state index contributed by atoms with van der Waals surface area (Å²) in [5.74, 6) is -0.184. The van der Waals surface area contributed by atoms with Gasteiger partial charge in [-0.1, -0.05) is 42.8 Å². The van der Waals surface area contributed by atoms with Gasteiger partial charge in [0.15, 0.2) is 0 Å². The van der Waals surface area contributed by atoms with Crippen LogP contribution in [0.15, 0.2) is 41.8 Å². The number of benzene rings is 1. The lowest BCUT2D eigenvalue weighted by molar-refractivity contribution is -0.124. The number of halogens is 1. The number of thiophene rings is 1. The van der Waals surface area contributed by atoms with Gasteiger partial charge in [0, 0.05) is 27.9 Å². The Kier molecular flexibility index (Phi) is 5.79. The van der Waals surface area contributed by atoms with E-state index in [-0.39, 0.29) is 18.4 Å². The molecule has 2 aromatic rings. The molecule has 0 saturated carbocycles. The predicted molar refractivity (Wildman–Crippen MR) is 86.6 cm³/mol. The molecule has 0 fully saturated rings. The van der Waals surface area contributed by atoms with E-state index >= 15 is 0 Å². The van der Waals surface area contributed by atoms with E-state index in [9.17, 15) is 9.90 Å². The van der Waals surface area contributed by atoms with Gasteiger partial charge < -0.3 is 10.4 Å². The summed E-state index contributed by atoms with van der Waals surface area (Å²) >= 11 is 7.67. The summed E-state index contributed by atoms with van der Waals surface area (Å²) in [6.45, 7) is 2.05. The van der Waals surface area contributed by atoms with Crippen molar-refractivity contribution in [2.45, 2.75) is 19.4 Å². The largest absolute Gasteiger partial charge is 0.387 e. The maximum absolute atomic E-state index is 12.0. The molecule has 3 nitrogen and oxygen atoms in total. The number of carbonyl (C=O) groups excluding carboxylic acids is 1. The molecule has 0 saturated heterocycles. The Balaban J connectivity index is 1.84. The van der Waals surface area contributed by atoms with E-state index in [2.05, 4.69) is 5.32 Å². The normalized spacial score (nSPS) is 13.7. The van der Waals surface area contributed by atoms with Gasteiger partial charge in [-0.2, -0.15) is 0 Å². The molecule has 1 aromatic carbocycles. The quantitative estimate of drug-likeness (QED) is 0.855. The van der Waals surface area contributed by atoms with Gasteiger partial charge in [-0.25, -0.2) is 0 Å². The first kappa shape index (κ1) is 16.0. The van der Waals surface area contributed by atoms with E-state index < -0.39 is 6.10 Å². The van der Waals surface area contributed by atoms with Gasteiger partial charge in [-0.15, -0.1) is 11.3 Å². The SMILES string of the molecule is CC(Cc1cccs1)C(=O)NCC(O)c1ccccc1Cl. The van der Waals surface area contributed by atoms with E-state index in [1.165, 1.54) is 4.88 Å². The molecule has 0 aliphatic rings. The van der Waals surface area contributed by atoms with E-state index in [1.54, 1.807) is 29.5 Å². The summed E-state index contributed by atoms with van der Waals surface area (Å²) < 4.78 is 0. The fourth-order valence-corrected chi connectivity index (χ4v) is 3.15. The summed E-state index contributed by atoms with van der Waals surface area (Å²) in [5, 5.41) is 15.4. The number of nitrogens with one attached hydrogen (secondary N) is 1. The van der Waals surface area contributed by atoms with Crippen molar-refractivity contribution in [3.63, 3.8) is 0 Å². The van der Waals surface area contributed by atoms with Crippen molar-refractivity contribution >= 4 is 28.8 Å². The third kappa shape index (κ3) is 4.56. The molecule has 1 heterocycles. The van der Waals surface area contributed by atoms with Gasteiger partial charge in [0.25, 0.3) is 0 Å². The lowest BCUT2D eigenvalue weighted by Crippen LogP contribution is -2.33. The molecule has 5 heteroatoms. The van der Waals surface area contributed by atoms with Crippen molar-refractivity contribution in [3.8, 4) is 0 Å². The number of hydrogen-bond acceptors (Lipinski definition) is 3. The topological polar surface area (TPSA) is 49.3 Å². The lowest BCUT2D eigenvalue weighted by atomic mass is 10.1. The molecule has 0 aliphatic heterocycles. The minimum Gasteiger partial charge on any atom is -0.387 e. The van der Waals surface area contributed by atoms with Gasteiger partial charge >= 0.3 is 0 Å². The Morgan fingerprint density at radius 2 is 2.10 bits per heavy atom. The molecular formula is C16H18ClNO2S. The number of hydrogen-bond donors (Lipinski definition) is 2. The molecular weight excluding hydrogens is 306 g/mol. The van der Waals surface area contributed by atoms with Crippen molar-refractivity contribution in [2.24, 2.45) is 5.92 Å². The fraction of sp³-hybridized carbons (Fsp3) is 0.312. The number of aliphatic hydroxyl groups is 1. The van der Waals surface area contributed by atoms with E-state index in [1.807, 2.05) is 30.5 Å². The summed E-state index contributed by atoms with van der Waals surface area (Å²) in [5.41, 5.74) is 0.630. The van der Waals surface area contributed by atoms with Crippen LogP contribution in [0.5, 0.6) is 0 Å². The minimum atomic E-state index is -0.795. The van der Waals surface area contributed by atoms with Crippen molar-refractivity contribution in [3.05, 3.63) is 57.2 Å². The first-order valence-electron chi connectivity index (χ1n) is 6.80. The third-order valence-electron chi connectivity index (χ3n) is 3.27. The second-order valence-corrected chi connectivity index (χ2v) is 6.41. The zero-order valence-electron chi connectivity index (χ0n) is 11.8. The number of amides is 1. The van der Waals surface area contributed by atoms with Crippen LogP contribution in [0.3, 0.4) is 0 Å². The number of aliphatic hydroxyl groups excluding tert-OH is 1. The van der Waals surface area contributed by atoms with E-state index in [0.29, 0.717) is 17.0 Å². The fourth-order valence-electron chi connectivity index (χ4n) is 2.05. The maximum atomic E-state index is 12.0. The standard InChI is InChI=1S/C16H18ClNO2S/c1-11(9-12-5-4-8-21-12)16(20)18-10-15(19)13-6-2-3-7-14(13)17/h2-8,11,15,19H,9-10H2,1H3,(H,18,20). The Bertz CT molecular complexity index is 586. The lowest BCUT2D eigenvalue weighted by Gasteiger charge is -2.16. The monoisotopic (exact) mass is 323 g/mol. The van der Waals surface area contributed by atoms with Crippen LogP contribution < -0.4 is 5.32 Å². The highest BCUT2D eigenvalue weighted by Gasteiger charge is 2.17. The Morgan fingerprint density at radius 3 is 2.76 bits per heavy atom. The first-order valence-corrected chi connectivity index (χ1v) is 8.06. The van der Waals surface area contributed by atoms with Crippen molar-refractivity contribution in [1.82, 2.24) is 5.32 Å². The van der Waals surface area contributed by atoms with Gasteiger partial charge in [0.05, 0.1) is 6.10 Å². The van der Waals surface area contributed by atoms with Crippen LogP contribution in [0.4, 0.5) is 0 Å². The molecule has 0 bridgehead atoms. The molecule has 2 rings (SSSR count). The molecule has 2 atom stereocenters. The molecule has 1 aromatic heterocycles. The molecule has 21 heavy (non-hydrogen) atoms. The molecule has 2 unspecified atom stereocenters. The summed E-state index contributed by atoms with van der Waals surface area (Å²) in [6, 6.07) is 11.1. The van der Waals surface area contributed by atoms with Crippen LogP contribution >= 0.6 is 22.9 Å².